The predicted molar refractivity (Wildman–Crippen MR) is 94.2 cm³/mol. The second-order valence-electron chi connectivity index (χ2n) is 5.70. The van der Waals surface area contributed by atoms with Crippen LogP contribution in [0.1, 0.15) is 24.1 Å². The van der Waals surface area contributed by atoms with Gasteiger partial charge in [0.1, 0.15) is 23.7 Å². The van der Waals surface area contributed by atoms with Gasteiger partial charge in [-0.3, -0.25) is 9.36 Å². The maximum atomic E-state index is 11.1. The summed E-state index contributed by atoms with van der Waals surface area (Å²) in [5.74, 6) is 2.26. The molecule has 0 aliphatic carbocycles. The van der Waals surface area contributed by atoms with Gasteiger partial charge in [-0.15, -0.1) is 0 Å². The highest BCUT2D eigenvalue weighted by atomic mass is 16.5. The first-order valence-corrected chi connectivity index (χ1v) is 7.84. The molecule has 0 bridgehead atoms. The summed E-state index contributed by atoms with van der Waals surface area (Å²) in [6.07, 6.45) is 1.73. The Morgan fingerprint density at radius 2 is 1.84 bits per heavy atom. The Balaban J connectivity index is 1.85. The van der Waals surface area contributed by atoms with Crippen molar-refractivity contribution in [1.29, 1.82) is 0 Å². The van der Waals surface area contributed by atoms with Crippen molar-refractivity contribution in [1.82, 2.24) is 19.5 Å². The normalized spacial score (nSPS) is 10.6. The molecule has 2 aromatic heterocycles. The summed E-state index contributed by atoms with van der Waals surface area (Å²) in [4.78, 5) is 24.1. The summed E-state index contributed by atoms with van der Waals surface area (Å²) in [7, 11) is 0. The van der Waals surface area contributed by atoms with E-state index in [4.69, 9.17) is 4.74 Å². The van der Waals surface area contributed by atoms with Crippen molar-refractivity contribution in [2.24, 2.45) is 0 Å². The minimum absolute atomic E-state index is 0.115. The van der Waals surface area contributed by atoms with Crippen LogP contribution in [0, 0.1) is 20.8 Å². The van der Waals surface area contributed by atoms with E-state index in [0.717, 1.165) is 11.4 Å². The summed E-state index contributed by atoms with van der Waals surface area (Å²) in [6.45, 7) is 7.22. The third kappa shape index (κ3) is 3.82. The van der Waals surface area contributed by atoms with E-state index in [9.17, 15) is 4.79 Å². The van der Waals surface area contributed by atoms with Gasteiger partial charge in [0.25, 0.3) is 0 Å². The zero-order valence-electron chi connectivity index (χ0n) is 14.6. The van der Waals surface area contributed by atoms with Gasteiger partial charge in [-0.25, -0.2) is 9.97 Å². The Morgan fingerprint density at radius 3 is 2.44 bits per heavy atom. The standard InChI is InChI=1S/C18H19N5O2/c1-11-12(2)23(10-19-11)17-9-18(21-13(3)20-17)25-16-7-5-15(6-8-16)22-14(4)24/h5-10H,1-4H3,(H,22,24). The van der Waals surface area contributed by atoms with E-state index >= 15 is 0 Å². The van der Waals surface area contributed by atoms with Crippen LogP contribution in [0.4, 0.5) is 5.69 Å². The van der Waals surface area contributed by atoms with Gasteiger partial charge in [-0.2, -0.15) is 4.98 Å². The number of anilines is 1. The van der Waals surface area contributed by atoms with Crippen molar-refractivity contribution in [3.63, 3.8) is 0 Å². The number of carbonyl (C=O) groups is 1. The highest BCUT2D eigenvalue weighted by Crippen LogP contribution is 2.23. The van der Waals surface area contributed by atoms with Crippen molar-refractivity contribution in [2.45, 2.75) is 27.7 Å². The van der Waals surface area contributed by atoms with Gasteiger partial charge in [-0.05, 0) is 45.0 Å². The number of nitrogens with zero attached hydrogens (tertiary/aromatic N) is 4. The van der Waals surface area contributed by atoms with Crippen molar-refractivity contribution in [3.8, 4) is 17.4 Å². The Bertz CT molecular complexity index is 916. The molecule has 0 aliphatic heterocycles. The molecule has 0 unspecified atom stereocenters. The summed E-state index contributed by atoms with van der Waals surface area (Å²) in [5.41, 5.74) is 2.68. The average molecular weight is 337 g/mol. The lowest BCUT2D eigenvalue weighted by Gasteiger charge is -2.10. The van der Waals surface area contributed by atoms with Gasteiger partial charge in [-0.1, -0.05) is 0 Å². The summed E-state index contributed by atoms with van der Waals surface area (Å²) in [5, 5.41) is 2.71. The lowest BCUT2D eigenvalue weighted by molar-refractivity contribution is -0.114. The van der Waals surface area contributed by atoms with E-state index < -0.39 is 0 Å². The van der Waals surface area contributed by atoms with Crippen LogP contribution in [-0.4, -0.2) is 25.4 Å². The van der Waals surface area contributed by atoms with Crippen LogP contribution in [0.2, 0.25) is 0 Å². The molecule has 0 atom stereocenters. The van der Waals surface area contributed by atoms with Gasteiger partial charge < -0.3 is 10.1 Å². The van der Waals surface area contributed by atoms with Crippen LogP contribution >= 0.6 is 0 Å². The molecular formula is C18H19N5O2. The number of amides is 1. The molecule has 3 aromatic rings. The number of ether oxygens (including phenoxy) is 1. The topological polar surface area (TPSA) is 81.9 Å². The molecule has 1 aromatic carbocycles. The second-order valence-corrected chi connectivity index (χ2v) is 5.70. The van der Waals surface area contributed by atoms with Crippen LogP contribution < -0.4 is 10.1 Å². The number of aryl methyl sites for hydroxylation is 2. The van der Waals surface area contributed by atoms with Crippen LogP contribution in [-0.2, 0) is 4.79 Å². The van der Waals surface area contributed by atoms with Crippen LogP contribution in [0.15, 0.2) is 36.7 Å². The number of benzene rings is 1. The molecule has 25 heavy (non-hydrogen) atoms. The molecule has 7 heteroatoms. The first kappa shape index (κ1) is 16.6. The SMILES string of the molecule is CC(=O)Nc1ccc(Oc2cc(-n3cnc(C)c3C)nc(C)n2)cc1. The molecule has 0 saturated carbocycles. The molecule has 0 aliphatic rings. The van der Waals surface area contributed by atoms with Crippen LogP contribution in [0.3, 0.4) is 0 Å². The van der Waals surface area contributed by atoms with Gasteiger partial charge in [0.2, 0.25) is 11.8 Å². The predicted octanol–water partition coefficient (Wildman–Crippen LogP) is 3.34. The fraction of sp³-hybridized carbons (Fsp3) is 0.222. The van der Waals surface area contributed by atoms with E-state index in [0.29, 0.717) is 29.0 Å². The van der Waals surface area contributed by atoms with E-state index in [1.54, 1.807) is 36.7 Å². The average Bonchev–Trinajstić information content (AvgIpc) is 2.88. The first-order valence-electron chi connectivity index (χ1n) is 7.84. The van der Waals surface area contributed by atoms with Crippen molar-refractivity contribution >= 4 is 11.6 Å². The fourth-order valence-corrected chi connectivity index (χ4v) is 2.36. The lowest BCUT2D eigenvalue weighted by Crippen LogP contribution is -2.05. The fourth-order valence-electron chi connectivity index (χ4n) is 2.36. The molecule has 3 rings (SSSR count). The molecule has 1 amide bonds. The van der Waals surface area contributed by atoms with Crippen LogP contribution in [0.25, 0.3) is 5.82 Å². The van der Waals surface area contributed by atoms with E-state index in [1.807, 2.05) is 25.3 Å². The Hall–Kier alpha value is -3.22. The highest BCUT2D eigenvalue weighted by Gasteiger charge is 2.10. The van der Waals surface area contributed by atoms with Gasteiger partial charge in [0.05, 0.1) is 5.69 Å². The molecular weight excluding hydrogens is 318 g/mol. The summed E-state index contributed by atoms with van der Waals surface area (Å²) in [6, 6.07) is 8.86. The zero-order chi connectivity index (χ0) is 18.0. The van der Waals surface area contributed by atoms with Crippen molar-refractivity contribution in [2.75, 3.05) is 5.32 Å². The van der Waals surface area contributed by atoms with Gasteiger partial charge in [0, 0.05) is 24.4 Å². The van der Waals surface area contributed by atoms with E-state index in [-0.39, 0.29) is 5.91 Å². The first-order chi connectivity index (χ1) is 11.9. The Kier molecular flexibility index (Phi) is 4.47. The maximum absolute atomic E-state index is 11.1. The monoisotopic (exact) mass is 337 g/mol. The number of imidazole rings is 1. The smallest absolute Gasteiger partial charge is 0.224 e. The summed E-state index contributed by atoms with van der Waals surface area (Å²) >= 11 is 0. The minimum Gasteiger partial charge on any atom is -0.439 e. The molecule has 0 saturated heterocycles. The zero-order valence-corrected chi connectivity index (χ0v) is 14.6. The largest absolute Gasteiger partial charge is 0.439 e. The van der Waals surface area contributed by atoms with Gasteiger partial charge >= 0.3 is 0 Å². The molecule has 0 radical (unpaired) electrons. The molecule has 2 heterocycles. The van der Waals surface area contributed by atoms with E-state index in [1.165, 1.54) is 6.92 Å². The third-order valence-electron chi connectivity index (χ3n) is 3.70. The third-order valence-corrected chi connectivity index (χ3v) is 3.70. The highest BCUT2D eigenvalue weighted by molar-refractivity contribution is 5.88. The lowest BCUT2D eigenvalue weighted by atomic mass is 10.3. The number of nitrogens with one attached hydrogen (secondary N) is 1. The molecule has 1 N–H and O–H groups in total. The second kappa shape index (κ2) is 6.72. The molecule has 128 valence electrons. The number of aromatic nitrogens is 4. The quantitative estimate of drug-likeness (QED) is 0.789. The minimum atomic E-state index is -0.115. The Labute approximate surface area is 145 Å². The van der Waals surface area contributed by atoms with Crippen LogP contribution in [0.5, 0.6) is 11.6 Å². The van der Waals surface area contributed by atoms with Crippen molar-refractivity contribution < 1.29 is 9.53 Å². The molecule has 7 nitrogen and oxygen atoms in total. The number of rotatable bonds is 4. The van der Waals surface area contributed by atoms with E-state index in [2.05, 4.69) is 20.3 Å². The maximum Gasteiger partial charge on any atom is 0.224 e. The molecule has 0 spiro atoms. The molecule has 0 fully saturated rings. The van der Waals surface area contributed by atoms with Crippen molar-refractivity contribution in [3.05, 3.63) is 53.9 Å². The van der Waals surface area contributed by atoms with Gasteiger partial charge in [0.15, 0.2) is 0 Å². The number of carbonyl (C=O) groups excluding carboxylic acids is 1. The number of hydrogen-bond acceptors (Lipinski definition) is 5. The number of hydrogen-bond donors (Lipinski definition) is 1. The summed E-state index contributed by atoms with van der Waals surface area (Å²) < 4.78 is 7.73. The Morgan fingerprint density at radius 1 is 1.12 bits per heavy atom.